The van der Waals surface area contributed by atoms with Gasteiger partial charge >= 0.3 is 0 Å². The minimum Gasteiger partial charge on any atom is -0.504 e. The SMILES string of the molecule is O=C(CCOCCOCCOCCOCCNC(=O)CCN(CCC(=O)NCCOCCOCCOCCOCCC(=O)NCCCN1C=CC=CC1)Cc1cn(CCOCCOCCOCCOCCOCCOCCOCCNC(=O)C(CCCNC(=O)c2cccc(O)c2O)(CCCNC(=O)c2cccc(O)c2O)CCCNC(=O)c2cccc(O)c2O)nn1)NCCCN1C=CC=CC1. The average molecular weight is 1950 g/mol. The number of hydrogen-bond donors (Lipinski definition) is 14. The number of hydrogen-bond acceptors (Lipinski definition) is 34. The molecule has 0 spiro atoms. The van der Waals surface area contributed by atoms with Crippen molar-refractivity contribution >= 4 is 47.3 Å². The quantitative estimate of drug-likeness (QED) is 0.0223. The summed E-state index contributed by atoms with van der Waals surface area (Å²) >= 11 is 0. The fourth-order valence-corrected chi connectivity index (χ4v) is 13.7. The number of phenols is 6. The Bertz CT molecular complexity index is 3900. The van der Waals surface area contributed by atoms with E-state index in [-0.39, 0.29) is 163 Å². The molecule has 0 fully saturated rings. The lowest BCUT2D eigenvalue weighted by atomic mass is 9.74. The summed E-state index contributed by atoms with van der Waals surface area (Å²) in [5.41, 5.74) is -0.981. The Kier molecular flexibility index (Phi) is 63.3. The van der Waals surface area contributed by atoms with Crippen molar-refractivity contribution in [1.29, 1.82) is 0 Å². The topological polar surface area (TPSA) is 533 Å². The van der Waals surface area contributed by atoms with Crippen LogP contribution in [0, 0.1) is 5.41 Å². The maximum atomic E-state index is 14.5. The number of benzene rings is 3. The molecule has 0 saturated heterocycles. The van der Waals surface area contributed by atoms with E-state index in [4.69, 9.17) is 71.1 Å². The molecule has 772 valence electrons. The van der Waals surface area contributed by atoms with Crippen LogP contribution in [0.15, 0.2) is 110 Å². The summed E-state index contributed by atoms with van der Waals surface area (Å²) < 4.78 is 86.2. The number of aromatic hydroxyl groups is 6. The van der Waals surface area contributed by atoms with Crippen LogP contribution in [0.5, 0.6) is 34.5 Å². The molecule has 0 bridgehead atoms. The van der Waals surface area contributed by atoms with Crippen molar-refractivity contribution in [2.45, 2.75) is 90.1 Å². The van der Waals surface area contributed by atoms with Crippen molar-refractivity contribution in [2.24, 2.45) is 5.41 Å². The number of allylic oxidation sites excluding steroid dienone is 4. The molecule has 43 heteroatoms. The molecule has 8 amide bonds. The molecule has 4 aromatic rings. The average Bonchev–Trinajstić information content (AvgIpc) is 1.52. The Hall–Kier alpha value is -10.7. The first-order valence-corrected chi connectivity index (χ1v) is 47.6. The maximum Gasteiger partial charge on any atom is 0.255 e. The third-order valence-corrected chi connectivity index (χ3v) is 21.1. The lowest BCUT2D eigenvalue weighted by Gasteiger charge is -2.33. The van der Waals surface area contributed by atoms with E-state index in [0.717, 1.165) is 39.0 Å². The van der Waals surface area contributed by atoms with Crippen molar-refractivity contribution in [2.75, 3.05) is 290 Å². The number of phenolic OH excluding ortho intramolecular Hbond substituents is 6. The highest BCUT2D eigenvalue weighted by Crippen LogP contribution is 2.37. The van der Waals surface area contributed by atoms with Crippen molar-refractivity contribution < 1.29 is 140 Å². The predicted octanol–water partition coefficient (Wildman–Crippen LogP) is 2.87. The summed E-state index contributed by atoms with van der Waals surface area (Å²) in [6.07, 6.45) is 22.1. The lowest BCUT2D eigenvalue weighted by molar-refractivity contribution is -0.133. The highest BCUT2D eigenvalue weighted by Gasteiger charge is 2.37. The summed E-state index contributed by atoms with van der Waals surface area (Å²) in [7, 11) is 0. The largest absolute Gasteiger partial charge is 0.504 e. The lowest BCUT2D eigenvalue weighted by Crippen LogP contribution is -2.44. The first kappa shape index (κ1) is 116. The number of amides is 8. The summed E-state index contributed by atoms with van der Waals surface area (Å²) in [4.78, 5) is 110. The van der Waals surface area contributed by atoms with E-state index < -0.39 is 57.6 Å². The van der Waals surface area contributed by atoms with Crippen LogP contribution in [-0.4, -0.2) is 397 Å². The monoisotopic (exact) mass is 1950 g/mol. The highest BCUT2D eigenvalue weighted by molar-refractivity contribution is 5.99. The van der Waals surface area contributed by atoms with E-state index in [0.29, 0.717) is 229 Å². The van der Waals surface area contributed by atoms with Gasteiger partial charge in [-0.2, -0.15) is 0 Å². The molecule has 138 heavy (non-hydrogen) atoms. The van der Waals surface area contributed by atoms with E-state index in [2.05, 4.69) is 74.8 Å². The number of ether oxygens (including phenoxy) is 15. The molecular formula is C95H148N14O29. The standard InChI is InChI=1S/C95H148N14O29/c110-81-18-7-15-78(88(81)117)91(120)100-28-10-25-95(26-11-29-101-92(121)79-16-8-19-82(111)89(79)118,27-12-30-102-93(122)80-17-9-20-83(112)90(80)119)94(123)103-35-49-128-55-61-134-67-69-136-71-73-138-74-72-137-70-68-135-62-56-129-50-44-109-76-77(104-105-109)75-108(42-21-84(113)98-33-47-126-53-59-132-65-63-130-57-51-124-45-23-86(115)96-31-13-40-106-36-3-1-4-37-106)43-22-85(114)99-34-48-127-54-60-133-66-64-131-58-52-125-46-24-87(116)97-32-14-41-107-38-5-2-6-39-107/h1-9,15-20,36,38,76,110-112,117-119H,10-14,21-35,37,39-75H2,(H,96,115)(H,97,116)(H,98,113)(H,99,114)(H,100,120)(H,101,121)(H,102,122)(H,103,123). The second kappa shape index (κ2) is 75.3. The predicted molar refractivity (Wildman–Crippen MR) is 506 cm³/mol. The normalized spacial score (nSPS) is 12.4. The van der Waals surface area contributed by atoms with Gasteiger partial charge in [-0.1, -0.05) is 47.7 Å². The van der Waals surface area contributed by atoms with Crippen LogP contribution >= 0.6 is 0 Å². The van der Waals surface area contributed by atoms with Gasteiger partial charge in [-0.3, -0.25) is 43.3 Å². The van der Waals surface area contributed by atoms with Crippen LogP contribution in [0.25, 0.3) is 0 Å². The third kappa shape index (κ3) is 54.0. The van der Waals surface area contributed by atoms with Gasteiger partial charge in [-0.15, -0.1) is 5.10 Å². The number of para-hydroxylation sites is 3. The molecule has 14 N–H and O–H groups in total. The van der Waals surface area contributed by atoms with Crippen LogP contribution in [0.1, 0.15) is 114 Å². The number of aromatic nitrogens is 3. The van der Waals surface area contributed by atoms with E-state index in [1.165, 1.54) is 54.6 Å². The van der Waals surface area contributed by atoms with E-state index in [9.17, 15) is 69.0 Å². The van der Waals surface area contributed by atoms with Crippen molar-refractivity contribution in [3.05, 3.63) is 132 Å². The zero-order chi connectivity index (χ0) is 98.6. The molecule has 0 saturated carbocycles. The molecule has 6 rings (SSSR count). The molecule has 2 aliphatic rings. The molecular weight excluding hydrogens is 1800 g/mol. The summed E-state index contributed by atoms with van der Waals surface area (Å²) in [5, 5.41) is 92.3. The molecule has 0 radical (unpaired) electrons. The molecule has 0 atom stereocenters. The minimum absolute atomic E-state index is 0.0376. The van der Waals surface area contributed by atoms with E-state index in [1.54, 1.807) is 10.9 Å². The third-order valence-electron chi connectivity index (χ3n) is 21.1. The molecule has 3 heterocycles. The molecule has 3 aromatic carbocycles. The fourth-order valence-electron chi connectivity index (χ4n) is 13.7. The van der Waals surface area contributed by atoms with Crippen LogP contribution < -0.4 is 42.5 Å². The van der Waals surface area contributed by atoms with Gasteiger partial charge in [0.05, 0.1) is 227 Å². The Morgan fingerprint density at radius 3 is 0.957 bits per heavy atom. The van der Waals surface area contributed by atoms with Crippen molar-refractivity contribution in [1.82, 2.24) is 72.2 Å². The second-order valence-corrected chi connectivity index (χ2v) is 31.7. The highest BCUT2D eigenvalue weighted by atomic mass is 16.6. The Morgan fingerprint density at radius 2 is 0.623 bits per heavy atom. The van der Waals surface area contributed by atoms with Gasteiger partial charge in [-0.25, -0.2) is 4.68 Å². The number of carbonyl (C=O) groups is 8. The number of carbonyl (C=O) groups excluding carboxylic acids is 8. The first-order chi connectivity index (χ1) is 67.4. The molecule has 43 nitrogen and oxygen atoms in total. The van der Waals surface area contributed by atoms with Gasteiger partial charge in [-0.05, 0) is 112 Å². The first-order valence-electron chi connectivity index (χ1n) is 47.6. The number of rotatable bonds is 86. The number of nitrogens with zero attached hydrogens (tertiary/aromatic N) is 6. The molecule has 1 aromatic heterocycles. The Morgan fingerprint density at radius 1 is 0.326 bits per heavy atom. The van der Waals surface area contributed by atoms with Gasteiger partial charge < -0.3 is 154 Å². The molecule has 2 aliphatic heterocycles. The van der Waals surface area contributed by atoms with Crippen LogP contribution in [0.2, 0.25) is 0 Å². The number of nitrogens with one attached hydrogen (secondary N) is 8. The van der Waals surface area contributed by atoms with Gasteiger partial charge in [0, 0.05) is 135 Å². The Labute approximate surface area is 807 Å². The molecule has 0 aliphatic carbocycles. The fraction of sp³-hybridized carbons (Fsp3) is 0.621. The Balaban J connectivity index is 0.780. The van der Waals surface area contributed by atoms with Crippen molar-refractivity contribution in [3.63, 3.8) is 0 Å². The van der Waals surface area contributed by atoms with Crippen molar-refractivity contribution in [3.8, 4) is 34.5 Å². The minimum atomic E-state index is -1.17. The second-order valence-electron chi connectivity index (χ2n) is 31.7. The van der Waals surface area contributed by atoms with Gasteiger partial charge in [0.2, 0.25) is 29.5 Å². The van der Waals surface area contributed by atoms with E-state index >= 15 is 0 Å². The summed E-state index contributed by atoms with van der Waals surface area (Å²) in [6, 6.07) is 11.9. The van der Waals surface area contributed by atoms with Gasteiger partial charge in [0.25, 0.3) is 17.7 Å². The van der Waals surface area contributed by atoms with Gasteiger partial charge in [0.15, 0.2) is 34.5 Å². The van der Waals surface area contributed by atoms with E-state index in [1.807, 2.05) is 41.6 Å². The van der Waals surface area contributed by atoms with Crippen LogP contribution in [-0.2, 0) is 108 Å². The molecule has 0 unspecified atom stereocenters. The maximum absolute atomic E-state index is 14.5. The smallest absolute Gasteiger partial charge is 0.255 e. The zero-order valence-corrected chi connectivity index (χ0v) is 79.7. The summed E-state index contributed by atoms with van der Waals surface area (Å²) in [5.74, 6) is -5.99. The zero-order valence-electron chi connectivity index (χ0n) is 79.7. The van der Waals surface area contributed by atoms with Gasteiger partial charge in [0.1, 0.15) is 0 Å². The van der Waals surface area contributed by atoms with Crippen LogP contribution in [0.4, 0.5) is 0 Å². The van der Waals surface area contributed by atoms with Crippen LogP contribution in [0.3, 0.4) is 0 Å². The summed E-state index contributed by atoms with van der Waals surface area (Å²) in [6.45, 7) is 16.9.